The van der Waals surface area contributed by atoms with Crippen LogP contribution in [0.3, 0.4) is 0 Å². The summed E-state index contributed by atoms with van der Waals surface area (Å²) in [4.78, 5) is 0. The third-order valence-electron chi connectivity index (χ3n) is 11.0. The van der Waals surface area contributed by atoms with Gasteiger partial charge in [0, 0.05) is 43.4 Å². The SMILES string of the molecule is c1cc(-n2c3ccccc3c3ccccc32)c2c(c1)oc1c(-n3c4ccccc4c4cc(-n5c6ccccc6c6ccccc65)ccc43)cccc12. The second kappa shape index (κ2) is 10.3. The fraction of sp³-hybridized carbons (Fsp3) is 0. The van der Waals surface area contributed by atoms with Gasteiger partial charge in [-0.05, 0) is 66.7 Å². The third-order valence-corrected chi connectivity index (χ3v) is 11.0. The first-order valence-corrected chi connectivity index (χ1v) is 17.8. The molecule has 12 aromatic rings. The van der Waals surface area contributed by atoms with Gasteiger partial charge in [0.1, 0.15) is 5.58 Å². The van der Waals surface area contributed by atoms with Crippen LogP contribution in [0.5, 0.6) is 0 Å². The van der Waals surface area contributed by atoms with Crippen LogP contribution in [0.25, 0.3) is 104 Å². The van der Waals surface area contributed by atoms with Crippen LogP contribution in [-0.2, 0) is 0 Å². The predicted molar refractivity (Wildman–Crippen MR) is 217 cm³/mol. The fourth-order valence-electron chi connectivity index (χ4n) is 8.92. The molecule has 0 N–H and O–H groups in total. The number of fused-ring (bicyclic) bond motifs is 12. The molecule has 0 bridgehead atoms. The van der Waals surface area contributed by atoms with Crippen molar-refractivity contribution < 1.29 is 4.42 Å². The Bertz CT molecular complexity index is 3320. The molecule has 0 radical (unpaired) electrons. The average Bonchev–Trinajstić information content (AvgIpc) is 3.94. The smallest absolute Gasteiger partial charge is 0.159 e. The molecule has 0 aliphatic carbocycles. The first kappa shape index (κ1) is 27.7. The van der Waals surface area contributed by atoms with E-state index in [1.807, 2.05) is 0 Å². The molecule has 242 valence electrons. The van der Waals surface area contributed by atoms with Crippen molar-refractivity contribution in [3.8, 4) is 17.1 Å². The van der Waals surface area contributed by atoms with Crippen LogP contribution in [-0.4, -0.2) is 13.7 Å². The Kier molecular flexibility index (Phi) is 5.47. The van der Waals surface area contributed by atoms with Crippen LogP contribution in [0.4, 0.5) is 0 Å². The Morgan fingerprint density at radius 3 is 1.31 bits per heavy atom. The second-order valence-corrected chi connectivity index (χ2v) is 13.7. The van der Waals surface area contributed by atoms with E-state index in [2.05, 4.69) is 190 Å². The van der Waals surface area contributed by atoms with E-state index in [1.54, 1.807) is 0 Å². The monoisotopic (exact) mass is 663 g/mol. The lowest BCUT2D eigenvalue weighted by Gasteiger charge is -2.11. The largest absolute Gasteiger partial charge is 0.454 e. The average molecular weight is 664 g/mol. The normalized spacial score (nSPS) is 12.2. The molecule has 0 fully saturated rings. The Hall–Kier alpha value is -7.04. The summed E-state index contributed by atoms with van der Waals surface area (Å²) in [5.74, 6) is 0. The third kappa shape index (κ3) is 3.60. The molecule has 4 aromatic heterocycles. The van der Waals surface area contributed by atoms with Gasteiger partial charge >= 0.3 is 0 Å². The Morgan fingerprint density at radius 1 is 0.308 bits per heavy atom. The molecule has 8 aromatic carbocycles. The Balaban J connectivity index is 1.13. The van der Waals surface area contributed by atoms with E-state index in [-0.39, 0.29) is 0 Å². The summed E-state index contributed by atoms with van der Waals surface area (Å²) in [5.41, 5.74) is 12.1. The van der Waals surface area contributed by atoms with Gasteiger partial charge in [-0.2, -0.15) is 0 Å². The number of nitrogens with zero attached hydrogens (tertiary/aromatic N) is 3. The number of hydrogen-bond donors (Lipinski definition) is 0. The van der Waals surface area contributed by atoms with E-state index >= 15 is 0 Å². The fourth-order valence-corrected chi connectivity index (χ4v) is 8.92. The molecule has 0 spiro atoms. The van der Waals surface area contributed by atoms with Crippen molar-refractivity contribution in [1.29, 1.82) is 0 Å². The summed E-state index contributed by atoms with van der Waals surface area (Å²) in [6.45, 7) is 0. The van der Waals surface area contributed by atoms with Crippen LogP contribution in [0, 0.1) is 0 Å². The summed E-state index contributed by atoms with van der Waals surface area (Å²) >= 11 is 0. The second-order valence-electron chi connectivity index (χ2n) is 13.7. The molecule has 12 rings (SSSR count). The lowest BCUT2D eigenvalue weighted by Crippen LogP contribution is -1.96. The molecule has 0 aliphatic heterocycles. The summed E-state index contributed by atoms with van der Waals surface area (Å²) in [6, 6.07) is 63.4. The van der Waals surface area contributed by atoms with Crippen molar-refractivity contribution in [2.45, 2.75) is 0 Å². The molecular formula is C48H29N3O. The highest BCUT2D eigenvalue weighted by atomic mass is 16.3. The zero-order valence-electron chi connectivity index (χ0n) is 28.0. The zero-order valence-corrected chi connectivity index (χ0v) is 28.0. The summed E-state index contributed by atoms with van der Waals surface area (Å²) in [7, 11) is 0. The van der Waals surface area contributed by atoms with Crippen molar-refractivity contribution in [3.05, 3.63) is 176 Å². The Morgan fingerprint density at radius 2 is 0.731 bits per heavy atom. The van der Waals surface area contributed by atoms with Gasteiger partial charge in [-0.25, -0.2) is 0 Å². The number of para-hydroxylation sites is 6. The van der Waals surface area contributed by atoms with E-state index in [1.165, 1.54) is 54.4 Å². The van der Waals surface area contributed by atoms with E-state index in [4.69, 9.17) is 4.42 Å². The van der Waals surface area contributed by atoms with E-state index in [0.29, 0.717) is 0 Å². The lowest BCUT2D eigenvalue weighted by molar-refractivity contribution is 0.666. The highest BCUT2D eigenvalue weighted by molar-refractivity contribution is 6.17. The molecule has 0 saturated carbocycles. The van der Waals surface area contributed by atoms with E-state index in [9.17, 15) is 0 Å². The van der Waals surface area contributed by atoms with Crippen molar-refractivity contribution in [1.82, 2.24) is 13.7 Å². The molecule has 0 atom stereocenters. The quantitative estimate of drug-likeness (QED) is 0.185. The van der Waals surface area contributed by atoms with Crippen LogP contribution in [0.1, 0.15) is 0 Å². The molecule has 0 amide bonds. The molecule has 4 nitrogen and oxygen atoms in total. The molecule has 4 heteroatoms. The highest BCUT2D eigenvalue weighted by Gasteiger charge is 2.22. The standard InChI is InChI=1S/C48H29N3O/c1-6-19-38-31(13-1)32-14-2-7-20-39(32)49(38)30-27-28-43-37(29-30)35-17-5-10-23-42(35)51(43)45-25-11-18-36-47-44(24-12-26-46(47)52-48(36)45)50-40-21-8-3-15-33(40)34-16-4-9-22-41(34)50/h1-29H. The number of furan rings is 1. The van der Waals surface area contributed by atoms with Crippen LogP contribution in [0.15, 0.2) is 180 Å². The van der Waals surface area contributed by atoms with Gasteiger partial charge in [0.25, 0.3) is 0 Å². The maximum absolute atomic E-state index is 6.91. The topological polar surface area (TPSA) is 27.9 Å². The van der Waals surface area contributed by atoms with Crippen molar-refractivity contribution >= 4 is 87.4 Å². The Labute approximate surface area is 297 Å². The van der Waals surface area contributed by atoms with E-state index < -0.39 is 0 Å². The number of rotatable bonds is 3. The maximum Gasteiger partial charge on any atom is 0.159 e. The van der Waals surface area contributed by atoms with Gasteiger partial charge in [-0.1, -0.05) is 109 Å². The molecule has 4 heterocycles. The predicted octanol–water partition coefficient (Wildman–Crippen LogP) is 12.9. The number of benzene rings is 8. The van der Waals surface area contributed by atoms with Gasteiger partial charge in [-0.3, -0.25) is 0 Å². The van der Waals surface area contributed by atoms with Crippen LogP contribution in [0.2, 0.25) is 0 Å². The molecule has 52 heavy (non-hydrogen) atoms. The van der Waals surface area contributed by atoms with Gasteiger partial charge in [-0.15, -0.1) is 0 Å². The van der Waals surface area contributed by atoms with E-state index in [0.717, 1.165) is 50.0 Å². The van der Waals surface area contributed by atoms with Gasteiger partial charge < -0.3 is 18.1 Å². The molecule has 0 saturated heterocycles. The van der Waals surface area contributed by atoms with Crippen LogP contribution >= 0.6 is 0 Å². The minimum atomic E-state index is 0.872. The summed E-state index contributed by atoms with van der Waals surface area (Å²) in [6.07, 6.45) is 0. The van der Waals surface area contributed by atoms with Crippen LogP contribution < -0.4 is 0 Å². The lowest BCUT2D eigenvalue weighted by atomic mass is 10.1. The number of hydrogen-bond acceptors (Lipinski definition) is 1. The first-order valence-electron chi connectivity index (χ1n) is 17.8. The van der Waals surface area contributed by atoms with Gasteiger partial charge in [0.15, 0.2) is 5.58 Å². The first-order chi connectivity index (χ1) is 25.8. The summed E-state index contributed by atoms with van der Waals surface area (Å²) in [5, 5.41) is 9.63. The van der Waals surface area contributed by atoms with Crippen molar-refractivity contribution in [2.24, 2.45) is 0 Å². The zero-order chi connectivity index (χ0) is 33.9. The van der Waals surface area contributed by atoms with Gasteiger partial charge in [0.2, 0.25) is 0 Å². The number of aromatic nitrogens is 3. The molecule has 0 aliphatic rings. The van der Waals surface area contributed by atoms with Gasteiger partial charge in [0.05, 0.1) is 49.9 Å². The molecule has 0 unspecified atom stereocenters. The summed E-state index contributed by atoms with van der Waals surface area (Å²) < 4.78 is 14.1. The minimum Gasteiger partial charge on any atom is -0.454 e. The van der Waals surface area contributed by atoms with Crippen molar-refractivity contribution in [2.75, 3.05) is 0 Å². The molecular weight excluding hydrogens is 635 g/mol. The minimum absolute atomic E-state index is 0.872. The van der Waals surface area contributed by atoms with Crippen molar-refractivity contribution in [3.63, 3.8) is 0 Å². The maximum atomic E-state index is 6.91. The highest BCUT2D eigenvalue weighted by Crippen LogP contribution is 2.42.